The van der Waals surface area contributed by atoms with Crippen molar-refractivity contribution >= 4 is 34.5 Å². The van der Waals surface area contributed by atoms with Crippen molar-refractivity contribution in [3.8, 4) is 17.2 Å². The second-order valence-electron chi connectivity index (χ2n) is 21.2. The zero-order chi connectivity index (χ0) is 46.8. The van der Waals surface area contributed by atoms with Gasteiger partial charge in [0.05, 0.1) is 21.5 Å². The van der Waals surface area contributed by atoms with Gasteiger partial charge in [0.15, 0.2) is 0 Å². The molecule has 2 unspecified atom stereocenters. The van der Waals surface area contributed by atoms with E-state index in [2.05, 4.69) is 84.9 Å². The molecule has 7 nitrogen and oxygen atoms in total. The van der Waals surface area contributed by atoms with E-state index in [1.807, 2.05) is 52.8 Å². The number of hydrogen-bond acceptors (Lipinski definition) is 7. The monoisotopic (exact) mass is 1100 g/mol. The molecule has 2 aromatic carbocycles. The molecule has 4 bridgehead atoms. The van der Waals surface area contributed by atoms with Crippen molar-refractivity contribution in [1.82, 2.24) is 0 Å². The van der Waals surface area contributed by atoms with Crippen molar-refractivity contribution in [1.29, 1.82) is 0 Å². The molecule has 2 N–H and O–H groups in total. The number of phenolic OH excluding ortho intramolecular Hbond substituents is 2. The predicted molar refractivity (Wildman–Crippen MR) is 318 cm³/mol. The van der Waals surface area contributed by atoms with Crippen LogP contribution in [0.15, 0.2) is 36.4 Å². The van der Waals surface area contributed by atoms with E-state index in [1.54, 1.807) is 25.3 Å². The number of benzene rings is 2. The number of halogens is 1. The van der Waals surface area contributed by atoms with E-state index in [4.69, 9.17) is 19.3 Å². The lowest BCUT2D eigenvalue weighted by molar-refractivity contribution is -0.231. The molecule has 2 atom stereocenters. The first-order valence-electron chi connectivity index (χ1n) is 24.3. The Balaban J connectivity index is -0.000000192. The van der Waals surface area contributed by atoms with E-state index < -0.39 is 0 Å². The minimum Gasteiger partial charge on any atom is -0.508 e. The molecule has 5 saturated carbocycles. The Morgan fingerprint density at radius 1 is 0.643 bits per heavy atom. The first kappa shape index (κ1) is 78.9. The Hall–Kier alpha value is -2.49. The largest absolute Gasteiger partial charge is 0.508 e. The standard InChI is InChI=1S/C19H32O2.C14H26O2.C11H15IO2.C10H14O.8CH4/c1-6-18(4,5)17(20)21-19(12(2)3)15-8-13-7-14(10-15)11-16(19)9-13;1-6-13(4,5)12(15)16-14(11(2)3)9-7-8-10-14;1-4-7(2)8-5-9(12)10(13)6-11(8)14-3;1-3-8(2)9-4-6-10(11)7-5-9;;;;;;;;/h12-16H,6-11H2,1-5H3;11H,6-10H2,1-5H3;5-7,13H,4H2,1-3H3;4-8,11H,3H2,1-2H3;8*1H4. The van der Waals surface area contributed by atoms with Gasteiger partial charge in [-0.25, -0.2) is 0 Å². The van der Waals surface area contributed by atoms with Crippen LogP contribution < -0.4 is 4.74 Å². The van der Waals surface area contributed by atoms with Gasteiger partial charge in [-0.3, -0.25) is 9.59 Å². The van der Waals surface area contributed by atoms with Gasteiger partial charge in [-0.1, -0.05) is 141 Å². The van der Waals surface area contributed by atoms with Gasteiger partial charge >= 0.3 is 11.9 Å². The molecule has 0 radical (unpaired) electrons. The first-order chi connectivity index (χ1) is 29.0. The van der Waals surface area contributed by atoms with Gasteiger partial charge in [0, 0.05) is 6.07 Å². The molecule has 5 aliphatic rings. The Labute approximate surface area is 450 Å². The lowest BCUT2D eigenvalue weighted by atomic mass is 9.47. The molecule has 0 amide bonds. The lowest BCUT2D eigenvalue weighted by Crippen LogP contribution is -2.63. The van der Waals surface area contributed by atoms with Gasteiger partial charge in [-0.05, 0) is 210 Å². The third-order valence-corrected chi connectivity index (χ3v) is 16.6. The Morgan fingerprint density at radius 2 is 1.06 bits per heavy atom. The normalized spacial score (nSPS) is 21.6. The molecule has 5 fully saturated rings. The zero-order valence-corrected chi connectivity index (χ0v) is 43.7. The maximum absolute atomic E-state index is 12.8. The molecule has 0 spiro atoms. The molecule has 5 aliphatic carbocycles. The Morgan fingerprint density at radius 3 is 1.41 bits per heavy atom. The second-order valence-corrected chi connectivity index (χ2v) is 22.4. The SMILES string of the molecule is C.C.C.C.C.C.C.C.CCC(C)(C)C(=O)OC1(C(C)C)C2CC3CC(C2)CC1C3.CCC(C)(C)C(=O)OC1(C(C)C)CCCC1.CCC(C)c1cc(I)c(O)cc1OC.CCC(C)c1ccc(O)cc1. The van der Waals surface area contributed by atoms with E-state index in [0.717, 1.165) is 65.2 Å². The number of carbonyl (C=O) groups excluding carboxylic acids is 2. The third kappa shape index (κ3) is 19.4. The highest BCUT2D eigenvalue weighted by Gasteiger charge is 2.61. The molecular formula is C62H119IO7. The smallest absolute Gasteiger partial charge is 0.312 e. The highest BCUT2D eigenvalue weighted by molar-refractivity contribution is 14.1. The number of methoxy groups -OCH3 is 1. The van der Waals surface area contributed by atoms with E-state index in [9.17, 15) is 14.7 Å². The summed E-state index contributed by atoms with van der Waals surface area (Å²) in [5.41, 5.74) is 1.42. The van der Waals surface area contributed by atoms with E-state index >= 15 is 0 Å². The van der Waals surface area contributed by atoms with Gasteiger partial charge in [-0.15, -0.1) is 0 Å². The summed E-state index contributed by atoms with van der Waals surface area (Å²) in [6.07, 6.45) is 15.0. The minimum absolute atomic E-state index is 0. The van der Waals surface area contributed by atoms with Crippen molar-refractivity contribution in [2.24, 2.45) is 46.3 Å². The number of carbonyl (C=O) groups is 2. The number of aromatic hydroxyl groups is 2. The van der Waals surface area contributed by atoms with E-state index in [0.29, 0.717) is 41.3 Å². The van der Waals surface area contributed by atoms with Crippen LogP contribution in [-0.4, -0.2) is 40.5 Å². The molecule has 0 heterocycles. The van der Waals surface area contributed by atoms with Crippen molar-refractivity contribution in [2.45, 2.75) is 263 Å². The van der Waals surface area contributed by atoms with Crippen molar-refractivity contribution in [2.75, 3.05) is 7.11 Å². The van der Waals surface area contributed by atoms with Crippen molar-refractivity contribution in [3.63, 3.8) is 0 Å². The lowest BCUT2D eigenvalue weighted by Gasteiger charge is -2.62. The first-order valence-corrected chi connectivity index (χ1v) is 25.4. The Bertz CT molecular complexity index is 1680. The fourth-order valence-corrected chi connectivity index (χ4v) is 10.7. The molecule has 0 aromatic heterocycles. The number of ether oxygens (including phenoxy) is 3. The van der Waals surface area contributed by atoms with Crippen molar-refractivity contribution in [3.05, 3.63) is 51.1 Å². The quantitative estimate of drug-likeness (QED) is 0.152. The fraction of sp³-hybridized carbons (Fsp3) is 0.774. The average molecular weight is 1100 g/mol. The minimum atomic E-state index is -0.351. The van der Waals surface area contributed by atoms with Gasteiger partial charge in [-0.2, -0.15) is 0 Å². The van der Waals surface area contributed by atoms with Crippen LogP contribution in [0.3, 0.4) is 0 Å². The third-order valence-electron chi connectivity index (χ3n) is 15.8. The summed E-state index contributed by atoms with van der Waals surface area (Å²) in [7, 11) is 1.63. The van der Waals surface area contributed by atoms with Crippen molar-refractivity contribution < 1.29 is 34.0 Å². The van der Waals surface area contributed by atoms with Crippen LogP contribution in [0.25, 0.3) is 0 Å². The second kappa shape index (κ2) is 34.1. The van der Waals surface area contributed by atoms with Gasteiger partial charge in [0.1, 0.15) is 28.5 Å². The average Bonchev–Trinajstić information content (AvgIpc) is 3.72. The maximum atomic E-state index is 12.8. The molecule has 0 saturated heterocycles. The summed E-state index contributed by atoms with van der Waals surface area (Å²) >= 11 is 2.13. The summed E-state index contributed by atoms with van der Waals surface area (Å²) in [6, 6.07) is 11.1. The zero-order valence-electron chi connectivity index (χ0n) is 41.6. The van der Waals surface area contributed by atoms with Crippen LogP contribution in [0.1, 0.15) is 263 Å². The van der Waals surface area contributed by atoms with E-state index in [-0.39, 0.29) is 99.1 Å². The van der Waals surface area contributed by atoms with Crippen LogP contribution >= 0.6 is 22.6 Å². The topological polar surface area (TPSA) is 102 Å². The molecule has 70 heavy (non-hydrogen) atoms. The molecule has 8 heteroatoms. The number of rotatable bonds is 13. The van der Waals surface area contributed by atoms with Gasteiger partial charge < -0.3 is 24.4 Å². The highest BCUT2D eigenvalue weighted by Crippen LogP contribution is 2.62. The summed E-state index contributed by atoms with van der Waals surface area (Å²) in [6.45, 7) is 29.6. The maximum Gasteiger partial charge on any atom is 0.312 e. The predicted octanol–water partition coefficient (Wildman–Crippen LogP) is 20.3. The van der Waals surface area contributed by atoms with Gasteiger partial charge in [0.25, 0.3) is 0 Å². The van der Waals surface area contributed by atoms with Crippen LogP contribution in [0.5, 0.6) is 17.2 Å². The molecule has 416 valence electrons. The van der Waals surface area contributed by atoms with Gasteiger partial charge in [0.2, 0.25) is 0 Å². The number of esters is 2. The summed E-state index contributed by atoms with van der Waals surface area (Å²) in [5.74, 6) is 6.39. The van der Waals surface area contributed by atoms with Crippen LogP contribution in [0.2, 0.25) is 0 Å². The highest BCUT2D eigenvalue weighted by atomic mass is 127. The van der Waals surface area contributed by atoms with Crippen LogP contribution in [0, 0.1) is 49.9 Å². The molecular weight excluding hydrogens is 984 g/mol. The summed E-state index contributed by atoms with van der Waals surface area (Å²) < 4.78 is 18.4. The summed E-state index contributed by atoms with van der Waals surface area (Å²) in [4.78, 5) is 24.9. The van der Waals surface area contributed by atoms with Crippen LogP contribution in [-0.2, 0) is 19.1 Å². The molecule has 0 aliphatic heterocycles. The number of hydrogen-bond donors (Lipinski definition) is 2. The molecule has 2 aromatic rings. The van der Waals surface area contributed by atoms with Crippen LogP contribution in [0.4, 0.5) is 0 Å². The Kier molecular flexibility index (Phi) is 38.4. The molecule has 7 rings (SSSR count). The fourth-order valence-electron chi connectivity index (χ4n) is 10.2. The summed E-state index contributed by atoms with van der Waals surface area (Å²) in [5, 5.41) is 18.5. The van der Waals surface area contributed by atoms with E-state index in [1.165, 1.54) is 50.5 Å². The number of phenols is 2.